The van der Waals surface area contributed by atoms with Crippen LogP contribution in [0.4, 0.5) is 0 Å². The lowest BCUT2D eigenvalue weighted by Gasteiger charge is -2.32. The SMILES string of the molecule is C[C@@H]1OC(O)[C@H](O)CC1O.OC1CC(O)C(O)CO1. The highest BCUT2D eigenvalue weighted by atomic mass is 16.6. The molecule has 0 aromatic rings. The third-order valence-corrected chi connectivity index (χ3v) is 3.05. The van der Waals surface area contributed by atoms with E-state index in [0.717, 1.165) is 0 Å². The molecule has 8 heteroatoms. The van der Waals surface area contributed by atoms with E-state index in [1.54, 1.807) is 6.92 Å². The smallest absolute Gasteiger partial charge is 0.181 e. The molecule has 0 aliphatic carbocycles. The number of hydrogen-bond donors (Lipinski definition) is 6. The Morgan fingerprint density at radius 2 is 1.42 bits per heavy atom. The van der Waals surface area contributed by atoms with Crippen LogP contribution in [0.25, 0.3) is 0 Å². The van der Waals surface area contributed by atoms with Gasteiger partial charge in [0, 0.05) is 12.8 Å². The first-order valence-corrected chi connectivity index (χ1v) is 6.16. The van der Waals surface area contributed by atoms with Crippen LogP contribution in [-0.4, -0.2) is 80.3 Å². The highest BCUT2D eigenvalue weighted by Gasteiger charge is 2.32. The van der Waals surface area contributed by atoms with Crippen molar-refractivity contribution < 1.29 is 40.1 Å². The van der Waals surface area contributed by atoms with Gasteiger partial charge in [-0.1, -0.05) is 0 Å². The van der Waals surface area contributed by atoms with Crippen LogP contribution in [0.1, 0.15) is 19.8 Å². The molecule has 2 aliphatic heterocycles. The molecule has 0 bridgehead atoms. The van der Waals surface area contributed by atoms with Crippen LogP contribution >= 0.6 is 0 Å². The number of ether oxygens (including phenoxy) is 2. The Morgan fingerprint density at radius 3 is 1.89 bits per heavy atom. The summed E-state index contributed by atoms with van der Waals surface area (Å²) in [6.07, 6.45) is -5.46. The molecule has 7 atom stereocenters. The van der Waals surface area contributed by atoms with Crippen LogP contribution in [-0.2, 0) is 9.47 Å². The second-order valence-electron chi connectivity index (χ2n) is 4.76. The Kier molecular flexibility index (Phi) is 6.57. The second-order valence-corrected chi connectivity index (χ2v) is 4.76. The van der Waals surface area contributed by atoms with Crippen LogP contribution in [0.3, 0.4) is 0 Å². The minimum absolute atomic E-state index is 0.0162. The fourth-order valence-corrected chi connectivity index (χ4v) is 1.71. The van der Waals surface area contributed by atoms with Crippen molar-refractivity contribution in [1.82, 2.24) is 0 Å². The molecule has 0 radical (unpaired) electrons. The van der Waals surface area contributed by atoms with E-state index < -0.39 is 43.1 Å². The summed E-state index contributed by atoms with van der Waals surface area (Å²) < 4.78 is 9.37. The van der Waals surface area contributed by atoms with Crippen molar-refractivity contribution in [3.05, 3.63) is 0 Å². The molecule has 2 fully saturated rings. The van der Waals surface area contributed by atoms with Crippen LogP contribution in [0, 0.1) is 0 Å². The first kappa shape index (κ1) is 16.7. The van der Waals surface area contributed by atoms with E-state index in [1.165, 1.54) is 0 Å². The molecule has 114 valence electrons. The quantitative estimate of drug-likeness (QED) is 0.282. The van der Waals surface area contributed by atoms with Gasteiger partial charge in [0.05, 0.1) is 24.9 Å². The summed E-state index contributed by atoms with van der Waals surface area (Å²) in [5, 5.41) is 53.3. The van der Waals surface area contributed by atoms with Gasteiger partial charge in [0.15, 0.2) is 12.6 Å². The van der Waals surface area contributed by atoms with Crippen molar-refractivity contribution in [3.63, 3.8) is 0 Å². The minimum atomic E-state index is -1.14. The molecule has 0 saturated carbocycles. The molecular formula is C11H22O8. The summed E-state index contributed by atoms with van der Waals surface area (Å²) in [5.74, 6) is 0. The van der Waals surface area contributed by atoms with Crippen LogP contribution < -0.4 is 0 Å². The van der Waals surface area contributed by atoms with Gasteiger partial charge in [-0.2, -0.15) is 0 Å². The standard InChI is InChI=1S/C6H12O4.C5H10O4/c1-3-4(7)2-5(8)6(9)10-3;6-3-1-5(8)9-2-4(3)7/h3-9H,2H2,1H3;3-8H,1-2H2/t3-,4?,5+,6?;/m0./s1. The fourth-order valence-electron chi connectivity index (χ4n) is 1.71. The number of hydrogen-bond acceptors (Lipinski definition) is 8. The number of aliphatic hydroxyl groups excluding tert-OH is 6. The fraction of sp³-hybridized carbons (Fsp3) is 1.00. The van der Waals surface area contributed by atoms with Gasteiger partial charge in [-0.3, -0.25) is 0 Å². The van der Waals surface area contributed by atoms with Gasteiger partial charge in [0.1, 0.15) is 12.2 Å². The van der Waals surface area contributed by atoms with Crippen molar-refractivity contribution in [2.45, 2.75) is 62.9 Å². The predicted octanol–water partition coefficient (Wildman–Crippen LogP) is -2.72. The summed E-state index contributed by atoms with van der Waals surface area (Å²) in [7, 11) is 0. The number of aliphatic hydroxyl groups is 6. The Morgan fingerprint density at radius 1 is 0.789 bits per heavy atom. The van der Waals surface area contributed by atoms with E-state index in [4.69, 9.17) is 35.4 Å². The molecular weight excluding hydrogens is 260 g/mol. The normalized spacial score (nSPS) is 47.2. The van der Waals surface area contributed by atoms with Crippen LogP contribution in [0.5, 0.6) is 0 Å². The number of rotatable bonds is 0. The highest BCUT2D eigenvalue weighted by Crippen LogP contribution is 2.17. The first-order valence-electron chi connectivity index (χ1n) is 6.16. The molecule has 2 rings (SSSR count). The van der Waals surface area contributed by atoms with Crippen molar-refractivity contribution >= 4 is 0 Å². The molecule has 0 aromatic heterocycles. The predicted molar refractivity (Wildman–Crippen MR) is 61.8 cm³/mol. The average Bonchev–Trinajstić information content (AvgIpc) is 2.33. The lowest BCUT2D eigenvalue weighted by atomic mass is 10.0. The third kappa shape index (κ3) is 5.28. The molecule has 5 unspecified atom stereocenters. The summed E-state index contributed by atoms with van der Waals surface area (Å²) in [4.78, 5) is 0. The minimum Gasteiger partial charge on any atom is -0.390 e. The molecule has 19 heavy (non-hydrogen) atoms. The Balaban J connectivity index is 0.000000191. The van der Waals surface area contributed by atoms with E-state index in [0.29, 0.717) is 0 Å². The maximum Gasteiger partial charge on any atom is 0.181 e. The molecule has 6 N–H and O–H groups in total. The van der Waals surface area contributed by atoms with E-state index in [-0.39, 0.29) is 19.4 Å². The van der Waals surface area contributed by atoms with Crippen molar-refractivity contribution in [3.8, 4) is 0 Å². The lowest BCUT2D eigenvalue weighted by Crippen LogP contribution is -2.45. The third-order valence-electron chi connectivity index (χ3n) is 3.05. The maximum atomic E-state index is 9.07. The summed E-state index contributed by atoms with van der Waals surface area (Å²) in [5.41, 5.74) is 0. The van der Waals surface area contributed by atoms with Crippen molar-refractivity contribution in [1.29, 1.82) is 0 Å². The Bertz CT molecular complexity index is 237. The van der Waals surface area contributed by atoms with E-state index in [1.807, 2.05) is 0 Å². The average molecular weight is 282 g/mol. The summed E-state index contributed by atoms with van der Waals surface area (Å²) in [6.45, 7) is 1.67. The van der Waals surface area contributed by atoms with E-state index in [9.17, 15) is 0 Å². The van der Waals surface area contributed by atoms with Gasteiger partial charge < -0.3 is 40.1 Å². The highest BCUT2D eigenvalue weighted by molar-refractivity contribution is 4.76. The van der Waals surface area contributed by atoms with Gasteiger partial charge in [-0.05, 0) is 6.92 Å². The first-order chi connectivity index (χ1) is 8.81. The molecule has 0 spiro atoms. The monoisotopic (exact) mass is 282 g/mol. The zero-order valence-electron chi connectivity index (χ0n) is 10.7. The van der Waals surface area contributed by atoms with E-state index in [2.05, 4.69) is 4.74 Å². The van der Waals surface area contributed by atoms with Gasteiger partial charge in [0.2, 0.25) is 0 Å². The van der Waals surface area contributed by atoms with Gasteiger partial charge >= 0.3 is 0 Å². The Labute approximate surface area is 110 Å². The molecule has 0 amide bonds. The maximum absolute atomic E-state index is 9.07. The van der Waals surface area contributed by atoms with Gasteiger partial charge in [0.25, 0.3) is 0 Å². The molecule has 2 heterocycles. The summed E-state index contributed by atoms with van der Waals surface area (Å²) in [6, 6.07) is 0. The van der Waals surface area contributed by atoms with E-state index >= 15 is 0 Å². The molecule has 2 aliphatic rings. The molecule has 2 saturated heterocycles. The topological polar surface area (TPSA) is 140 Å². The second kappa shape index (κ2) is 7.46. The van der Waals surface area contributed by atoms with Gasteiger partial charge in [-0.15, -0.1) is 0 Å². The largest absolute Gasteiger partial charge is 0.390 e. The van der Waals surface area contributed by atoms with Crippen LogP contribution in [0.15, 0.2) is 0 Å². The molecule has 8 nitrogen and oxygen atoms in total. The molecule has 0 aromatic carbocycles. The van der Waals surface area contributed by atoms with Gasteiger partial charge in [-0.25, -0.2) is 0 Å². The lowest BCUT2D eigenvalue weighted by molar-refractivity contribution is -0.240. The zero-order chi connectivity index (χ0) is 14.6. The van der Waals surface area contributed by atoms with Crippen molar-refractivity contribution in [2.75, 3.05) is 6.61 Å². The van der Waals surface area contributed by atoms with Crippen LogP contribution in [0.2, 0.25) is 0 Å². The summed E-state index contributed by atoms with van der Waals surface area (Å²) >= 11 is 0. The van der Waals surface area contributed by atoms with Crippen molar-refractivity contribution in [2.24, 2.45) is 0 Å². The Hall–Kier alpha value is -0.320. The zero-order valence-corrected chi connectivity index (χ0v) is 10.7.